The maximum Gasteiger partial charge on any atom is 0.311 e. The molecule has 0 aromatic carbocycles. The summed E-state index contributed by atoms with van der Waals surface area (Å²) in [5, 5.41) is 0. The first kappa shape index (κ1) is 24.6. The zero-order valence-corrected chi connectivity index (χ0v) is 20.5. The highest BCUT2D eigenvalue weighted by Crippen LogP contribution is 2.40. The topological polar surface area (TPSA) is 141 Å². The molecule has 1 saturated heterocycles. The zero-order chi connectivity index (χ0) is 25.7. The van der Waals surface area contributed by atoms with Gasteiger partial charge >= 0.3 is 29.8 Å². The molecule has 0 N–H and O–H groups in total. The average molecular weight is 521 g/mol. The largest absolute Gasteiger partial charge is 0.463 e. The lowest BCUT2D eigenvalue weighted by Crippen LogP contribution is -2.63. The second kappa shape index (κ2) is 9.89. The molecule has 6 rings (SSSR count). The molecule has 11 nitrogen and oxygen atoms in total. The highest BCUT2D eigenvalue weighted by atomic mass is 16.7. The molecule has 11 heteroatoms. The fraction of sp³-hybridized carbons (Fsp3) is 0.808. The molecule has 6 aliphatic rings. The van der Waals surface area contributed by atoms with Crippen molar-refractivity contribution < 1.29 is 52.4 Å². The summed E-state index contributed by atoms with van der Waals surface area (Å²) in [5.41, 5.74) is 0. The molecule has 1 aliphatic heterocycles. The van der Waals surface area contributed by atoms with Crippen LogP contribution in [-0.2, 0) is 52.4 Å². The summed E-state index contributed by atoms with van der Waals surface area (Å²) >= 11 is 0. The SMILES string of the molecule is O=C(OC[C@H]1OC(OC(=O)C2CC2)[C@H](OC(=O)C2CC2)[C@@H](OC(=O)C2CC2)[C@H]1OC(=O)C1CC1)C1CC1. The maximum absolute atomic E-state index is 12.8. The molecule has 1 heterocycles. The molecule has 202 valence electrons. The Morgan fingerprint density at radius 3 is 1.32 bits per heavy atom. The number of carbonyl (C=O) groups excluding carboxylic acids is 5. The molecule has 1 unspecified atom stereocenters. The normalized spacial score (nSPS) is 33.1. The fourth-order valence-corrected chi connectivity index (χ4v) is 4.29. The van der Waals surface area contributed by atoms with Crippen molar-refractivity contribution in [2.75, 3.05) is 6.61 Å². The van der Waals surface area contributed by atoms with Gasteiger partial charge in [0.25, 0.3) is 0 Å². The van der Waals surface area contributed by atoms with Gasteiger partial charge in [-0.25, -0.2) is 0 Å². The summed E-state index contributed by atoms with van der Waals surface area (Å²) in [5.74, 6) is -3.70. The van der Waals surface area contributed by atoms with Crippen LogP contribution in [0, 0.1) is 29.6 Å². The van der Waals surface area contributed by atoms with Gasteiger partial charge in [0.15, 0.2) is 12.2 Å². The Morgan fingerprint density at radius 2 is 0.865 bits per heavy atom. The van der Waals surface area contributed by atoms with Crippen LogP contribution < -0.4 is 0 Å². The van der Waals surface area contributed by atoms with Crippen LogP contribution in [-0.4, -0.2) is 67.2 Å². The van der Waals surface area contributed by atoms with Gasteiger partial charge < -0.3 is 28.4 Å². The molecule has 0 amide bonds. The zero-order valence-electron chi connectivity index (χ0n) is 20.5. The average Bonchev–Trinajstić information content (AvgIpc) is 3.73. The number of esters is 5. The van der Waals surface area contributed by atoms with E-state index in [0.29, 0.717) is 51.4 Å². The Hall–Kier alpha value is -2.69. The molecule has 37 heavy (non-hydrogen) atoms. The van der Waals surface area contributed by atoms with Crippen LogP contribution in [0.5, 0.6) is 0 Å². The van der Waals surface area contributed by atoms with Gasteiger partial charge in [-0.05, 0) is 64.2 Å². The van der Waals surface area contributed by atoms with Crippen molar-refractivity contribution in [2.45, 2.75) is 94.9 Å². The smallest absolute Gasteiger partial charge is 0.311 e. The lowest BCUT2D eigenvalue weighted by atomic mass is 9.97. The van der Waals surface area contributed by atoms with Gasteiger partial charge in [0, 0.05) is 0 Å². The number of ether oxygens (including phenoxy) is 6. The minimum absolute atomic E-state index is 0.171. The van der Waals surface area contributed by atoms with Crippen LogP contribution in [0.3, 0.4) is 0 Å². The van der Waals surface area contributed by atoms with Crippen LogP contribution in [0.15, 0.2) is 0 Å². The third-order valence-corrected chi connectivity index (χ3v) is 7.52. The number of hydrogen-bond donors (Lipinski definition) is 0. The predicted molar refractivity (Wildman–Crippen MR) is 119 cm³/mol. The number of hydrogen-bond acceptors (Lipinski definition) is 11. The standard InChI is InChI=1S/C26H32O11/c27-21(12-1-2-12)32-11-17-18(34-22(28)13-3-4-13)19(35-23(29)14-5-6-14)20(36-24(30)15-7-8-15)26(33-17)37-25(31)16-9-10-16/h12-20,26H,1-11H2/t17-,18+,19+,20-,26?/m1/s1. The van der Waals surface area contributed by atoms with E-state index in [1.54, 1.807) is 0 Å². The van der Waals surface area contributed by atoms with E-state index in [9.17, 15) is 24.0 Å². The monoisotopic (exact) mass is 520 g/mol. The van der Waals surface area contributed by atoms with E-state index < -0.39 is 60.6 Å². The van der Waals surface area contributed by atoms with E-state index in [0.717, 1.165) is 12.8 Å². The van der Waals surface area contributed by atoms with Crippen molar-refractivity contribution in [3.63, 3.8) is 0 Å². The van der Waals surface area contributed by atoms with Crippen LogP contribution in [0.25, 0.3) is 0 Å². The predicted octanol–water partition coefficient (Wildman–Crippen LogP) is 1.58. The maximum atomic E-state index is 12.8. The van der Waals surface area contributed by atoms with Crippen LogP contribution in [0.4, 0.5) is 0 Å². The summed E-state index contributed by atoms with van der Waals surface area (Å²) in [6.07, 6.45) is 0.581. The minimum Gasteiger partial charge on any atom is -0.463 e. The first-order valence-corrected chi connectivity index (χ1v) is 13.5. The van der Waals surface area contributed by atoms with Crippen LogP contribution in [0.1, 0.15) is 64.2 Å². The molecule has 6 fully saturated rings. The third-order valence-electron chi connectivity index (χ3n) is 7.52. The van der Waals surface area contributed by atoms with E-state index in [1.807, 2.05) is 0 Å². The first-order valence-electron chi connectivity index (χ1n) is 13.5. The van der Waals surface area contributed by atoms with Crippen molar-refractivity contribution in [2.24, 2.45) is 29.6 Å². The molecular weight excluding hydrogens is 488 g/mol. The van der Waals surface area contributed by atoms with E-state index in [-0.39, 0.29) is 36.2 Å². The lowest BCUT2D eigenvalue weighted by molar-refractivity contribution is -0.302. The molecule has 5 atom stereocenters. The summed E-state index contributed by atoms with van der Waals surface area (Å²) in [7, 11) is 0. The summed E-state index contributed by atoms with van der Waals surface area (Å²) in [4.78, 5) is 63.1. The Labute approximate surface area is 213 Å². The number of rotatable bonds is 11. The van der Waals surface area contributed by atoms with E-state index in [4.69, 9.17) is 28.4 Å². The summed E-state index contributed by atoms with van der Waals surface area (Å²) < 4.78 is 34.4. The van der Waals surface area contributed by atoms with Crippen LogP contribution >= 0.6 is 0 Å². The lowest BCUT2D eigenvalue weighted by Gasteiger charge is -2.44. The van der Waals surface area contributed by atoms with E-state index in [1.165, 1.54) is 0 Å². The Balaban J connectivity index is 1.28. The van der Waals surface area contributed by atoms with Crippen LogP contribution in [0.2, 0.25) is 0 Å². The van der Waals surface area contributed by atoms with Gasteiger partial charge in [0.2, 0.25) is 12.4 Å². The van der Waals surface area contributed by atoms with Gasteiger partial charge in [-0.2, -0.15) is 0 Å². The van der Waals surface area contributed by atoms with Crippen molar-refractivity contribution in [3.05, 3.63) is 0 Å². The van der Waals surface area contributed by atoms with Crippen molar-refractivity contribution in [1.29, 1.82) is 0 Å². The van der Waals surface area contributed by atoms with E-state index in [2.05, 4.69) is 0 Å². The van der Waals surface area contributed by atoms with Crippen molar-refractivity contribution in [3.8, 4) is 0 Å². The molecule has 0 aromatic heterocycles. The van der Waals surface area contributed by atoms with Gasteiger partial charge in [-0.3, -0.25) is 24.0 Å². The number of carbonyl (C=O) groups is 5. The van der Waals surface area contributed by atoms with E-state index >= 15 is 0 Å². The second-order valence-electron chi connectivity index (χ2n) is 11.2. The molecular formula is C26H32O11. The van der Waals surface area contributed by atoms with Gasteiger partial charge in [0.05, 0.1) is 29.6 Å². The Bertz CT molecular complexity index is 958. The first-order chi connectivity index (χ1) is 17.9. The molecule has 5 aliphatic carbocycles. The molecule has 0 aromatic rings. The van der Waals surface area contributed by atoms with Gasteiger partial charge in [0.1, 0.15) is 12.7 Å². The minimum atomic E-state index is -1.41. The highest BCUT2D eigenvalue weighted by molar-refractivity contribution is 5.78. The summed E-state index contributed by atoms with van der Waals surface area (Å²) in [6.45, 7) is -0.295. The van der Waals surface area contributed by atoms with Gasteiger partial charge in [-0.1, -0.05) is 0 Å². The molecule has 5 saturated carbocycles. The second-order valence-corrected chi connectivity index (χ2v) is 11.2. The quantitative estimate of drug-likeness (QED) is 0.290. The third kappa shape index (κ3) is 6.08. The van der Waals surface area contributed by atoms with Crippen molar-refractivity contribution in [1.82, 2.24) is 0 Å². The highest BCUT2D eigenvalue weighted by Gasteiger charge is 2.57. The fourth-order valence-electron chi connectivity index (χ4n) is 4.29. The Morgan fingerprint density at radius 1 is 0.486 bits per heavy atom. The van der Waals surface area contributed by atoms with Crippen molar-refractivity contribution >= 4 is 29.8 Å². The summed E-state index contributed by atoms with van der Waals surface area (Å²) in [6, 6.07) is 0. The Kier molecular flexibility index (Phi) is 6.58. The molecule has 0 radical (unpaired) electrons. The molecule has 0 bridgehead atoms. The molecule has 0 spiro atoms. The van der Waals surface area contributed by atoms with Gasteiger partial charge in [-0.15, -0.1) is 0 Å².